The van der Waals surface area contributed by atoms with Crippen molar-refractivity contribution in [3.63, 3.8) is 0 Å². The topological polar surface area (TPSA) is 111 Å². The molecule has 0 bridgehead atoms. The smallest absolute Gasteiger partial charge is 0.330 e. The van der Waals surface area contributed by atoms with E-state index in [1.807, 2.05) is 20.8 Å². The quantitative estimate of drug-likeness (QED) is 0.384. The number of imide groups is 1. The zero-order valence-electron chi connectivity index (χ0n) is 20.3. The summed E-state index contributed by atoms with van der Waals surface area (Å²) in [6, 6.07) is 10.2. The predicted octanol–water partition coefficient (Wildman–Crippen LogP) is 3.68. The van der Waals surface area contributed by atoms with Crippen LogP contribution in [0.4, 0.5) is 5.69 Å². The van der Waals surface area contributed by atoms with Gasteiger partial charge < -0.3 is 19.5 Å². The fourth-order valence-corrected chi connectivity index (χ4v) is 3.82. The highest BCUT2D eigenvalue weighted by Crippen LogP contribution is 2.31. The van der Waals surface area contributed by atoms with Gasteiger partial charge in [-0.05, 0) is 44.0 Å². The van der Waals surface area contributed by atoms with Crippen LogP contribution in [-0.4, -0.2) is 54.5 Å². The zero-order chi connectivity index (χ0) is 25.5. The van der Waals surface area contributed by atoms with Crippen molar-refractivity contribution in [2.75, 3.05) is 25.1 Å². The number of ether oxygens (including phenoxy) is 3. The molecule has 186 valence electrons. The Hall–Kier alpha value is -3.88. The monoisotopic (exact) mass is 482 g/mol. The molecule has 1 aliphatic rings. The van der Waals surface area contributed by atoms with Gasteiger partial charge in [0.1, 0.15) is 6.04 Å². The van der Waals surface area contributed by atoms with E-state index in [0.717, 1.165) is 4.90 Å². The maximum absolute atomic E-state index is 13.0. The highest BCUT2D eigenvalue weighted by molar-refractivity contribution is 6.22. The lowest BCUT2D eigenvalue weighted by atomic mass is 9.97. The Bertz CT molecular complexity index is 1080. The van der Waals surface area contributed by atoms with Crippen molar-refractivity contribution in [1.29, 1.82) is 0 Å². The van der Waals surface area contributed by atoms with Crippen LogP contribution in [-0.2, 0) is 14.3 Å². The number of fused-ring (bicyclic) bond motifs is 1. The molecule has 0 saturated carbocycles. The molecule has 2 atom stereocenters. The summed E-state index contributed by atoms with van der Waals surface area (Å²) < 4.78 is 16.3. The van der Waals surface area contributed by atoms with Gasteiger partial charge in [0.05, 0.1) is 24.3 Å². The van der Waals surface area contributed by atoms with Crippen LogP contribution < -0.4 is 14.8 Å². The van der Waals surface area contributed by atoms with E-state index in [4.69, 9.17) is 14.2 Å². The number of esters is 1. The second kappa shape index (κ2) is 11.5. The van der Waals surface area contributed by atoms with Gasteiger partial charge in [0.25, 0.3) is 17.7 Å². The van der Waals surface area contributed by atoms with E-state index >= 15 is 0 Å². The van der Waals surface area contributed by atoms with Gasteiger partial charge >= 0.3 is 5.97 Å². The first-order valence-corrected chi connectivity index (χ1v) is 11.6. The minimum Gasteiger partial charge on any atom is -0.490 e. The van der Waals surface area contributed by atoms with Crippen molar-refractivity contribution in [1.82, 2.24) is 4.90 Å². The Balaban J connectivity index is 1.69. The van der Waals surface area contributed by atoms with E-state index < -0.39 is 36.3 Å². The van der Waals surface area contributed by atoms with Crippen molar-refractivity contribution >= 4 is 29.4 Å². The van der Waals surface area contributed by atoms with Gasteiger partial charge in [-0.15, -0.1) is 0 Å². The number of rotatable bonds is 11. The molecule has 1 heterocycles. The first-order chi connectivity index (χ1) is 16.8. The standard InChI is InChI=1S/C26H30N2O7/c1-5-16(4)23(28-24(30)18-10-8-9-11-19(18)25(28)31)26(32)35-15-22(29)27-17-12-13-20(33-6-2)21(14-17)34-7-3/h8-14,16,23H,5-7,15H2,1-4H3,(H,27,29)/t16-,23-/m0/s1. The van der Waals surface area contributed by atoms with Gasteiger partial charge in [-0.2, -0.15) is 0 Å². The minimum absolute atomic E-state index is 0.247. The van der Waals surface area contributed by atoms with Crippen LogP contribution in [0.15, 0.2) is 42.5 Å². The molecule has 2 aromatic rings. The summed E-state index contributed by atoms with van der Waals surface area (Å²) in [4.78, 5) is 52.2. The third-order valence-corrected chi connectivity index (χ3v) is 5.70. The summed E-state index contributed by atoms with van der Waals surface area (Å²) in [5, 5.41) is 2.65. The molecule has 0 aliphatic carbocycles. The van der Waals surface area contributed by atoms with Crippen molar-refractivity contribution in [3.05, 3.63) is 53.6 Å². The third kappa shape index (κ3) is 5.62. The molecule has 0 fully saturated rings. The van der Waals surface area contributed by atoms with E-state index in [2.05, 4.69) is 5.32 Å². The number of nitrogens with zero attached hydrogens (tertiary/aromatic N) is 1. The van der Waals surface area contributed by atoms with Crippen LogP contribution >= 0.6 is 0 Å². The Morgan fingerprint density at radius 1 is 0.914 bits per heavy atom. The van der Waals surface area contributed by atoms with E-state index in [-0.39, 0.29) is 17.0 Å². The van der Waals surface area contributed by atoms with Gasteiger partial charge in [-0.1, -0.05) is 32.4 Å². The van der Waals surface area contributed by atoms with Crippen molar-refractivity contribution in [2.45, 2.75) is 40.2 Å². The first-order valence-electron chi connectivity index (χ1n) is 11.6. The molecule has 0 saturated heterocycles. The van der Waals surface area contributed by atoms with Crippen molar-refractivity contribution in [3.8, 4) is 11.5 Å². The summed E-state index contributed by atoms with van der Waals surface area (Å²) in [6.07, 6.45) is 0.520. The maximum atomic E-state index is 13.0. The molecular weight excluding hydrogens is 452 g/mol. The summed E-state index contributed by atoms with van der Waals surface area (Å²) in [6.45, 7) is 7.60. The molecule has 35 heavy (non-hydrogen) atoms. The largest absolute Gasteiger partial charge is 0.490 e. The molecule has 1 aliphatic heterocycles. The van der Waals surface area contributed by atoms with Gasteiger partial charge in [-0.25, -0.2) is 4.79 Å². The lowest BCUT2D eigenvalue weighted by molar-refractivity contribution is -0.152. The Morgan fingerprint density at radius 3 is 2.09 bits per heavy atom. The molecule has 9 heteroatoms. The van der Waals surface area contributed by atoms with E-state index in [9.17, 15) is 19.2 Å². The zero-order valence-corrected chi connectivity index (χ0v) is 20.3. The molecule has 1 N–H and O–H groups in total. The van der Waals surface area contributed by atoms with E-state index in [0.29, 0.717) is 36.8 Å². The Morgan fingerprint density at radius 2 is 1.51 bits per heavy atom. The summed E-state index contributed by atoms with van der Waals surface area (Å²) in [5.41, 5.74) is 0.936. The second-order valence-electron chi connectivity index (χ2n) is 8.04. The molecule has 0 unspecified atom stereocenters. The number of hydrogen-bond acceptors (Lipinski definition) is 7. The number of benzene rings is 2. The number of carbonyl (C=O) groups excluding carboxylic acids is 4. The van der Waals surface area contributed by atoms with Gasteiger partial charge in [0.2, 0.25) is 0 Å². The number of nitrogens with one attached hydrogen (secondary N) is 1. The van der Waals surface area contributed by atoms with Crippen molar-refractivity contribution in [2.24, 2.45) is 5.92 Å². The number of hydrogen-bond donors (Lipinski definition) is 1. The first kappa shape index (κ1) is 25.7. The summed E-state index contributed by atoms with van der Waals surface area (Å²) >= 11 is 0. The summed E-state index contributed by atoms with van der Waals surface area (Å²) in [5.74, 6) is -1.82. The second-order valence-corrected chi connectivity index (χ2v) is 8.04. The van der Waals surface area contributed by atoms with Gasteiger partial charge in [0.15, 0.2) is 18.1 Å². The molecule has 0 spiro atoms. The SMILES string of the molecule is CCOc1ccc(NC(=O)COC(=O)[C@H]([C@@H](C)CC)N2C(=O)c3ccccc3C2=O)cc1OCC. The van der Waals surface area contributed by atoms with E-state index in [1.54, 1.807) is 49.4 Å². The average Bonchev–Trinajstić information content (AvgIpc) is 3.10. The van der Waals surface area contributed by atoms with Crippen LogP contribution in [0.25, 0.3) is 0 Å². The molecule has 3 amide bonds. The lowest BCUT2D eigenvalue weighted by Crippen LogP contribution is -2.49. The van der Waals surface area contributed by atoms with Crippen LogP contribution in [0, 0.1) is 5.92 Å². The molecule has 0 radical (unpaired) electrons. The minimum atomic E-state index is -1.14. The number of amides is 3. The molecule has 3 rings (SSSR count). The highest BCUT2D eigenvalue weighted by Gasteiger charge is 2.45. The Kier molecular flexibility index (Phi) is 8.46. The number of carbonyl (C=O) groups is 4. The fraction of sp³-hybridized carbons (Fsp3) is 0.385. The molecule has 0 aromatic heterocycles. The van der Waals surface area contributed by atoms with Gasteiger partial charge in [0, 0.05) is 11.8 Å². The van der Waals surface area contributed by atoms with Crippen LogP contribution in [0.3, 0.4) is 0 Å². The van der Waals surface area contributed by atoms with Gasteiger partial charge in [-0.3, -0.25) is 19.3 Å². The van der Waals surface area contributed by atoms with Crippen LogP contribution in [0.5, 0.6) is 11.5 Å². The maximum Gasteiger partial charge on any atom is 0.330 e. The molecule has 2 aromatic carbocycles. The van der Waals surface area contributed by atoms with Crippen molar-refractivity contribution < 1.29 is 33.4 Å². The normalized spacial score (nSPS) is 14.2. The Labute approximate surface area is 204 Å². The van der Waals surface area contributed by atoms with Crippen LogP contribution in [0.2, 0.25) is 0 Å². The average molecular weight is 483 g/mol. The number of anilines is 1. The molecule has 9 nitrogen and oxygen atoms in total. The molecular formula is C26H30N2O7. The third-order valence-electron chi connectivity index (χ3n) is 5.70. The fourth-order valence-electron chi connectivity index (χ4n) is 3.82. The van der Waals surface area contributed by atoms with Crippen LogP contribution in [0.1, 0.15) is 54.8 Å². The van der Waals surface area contributed by atoms with E-state index in [1.165, 1.54) is 0 Å². The highest BCUT2D eigenvalue weighted by atomic mass is 16.5. The lowest BCUT2D eigenvalue weighted by Gasteiger charge is -2.28. The summed E-state index contributed by atoms with van der Waals surface area (Å²) in [7, 11) is 0. The predicted molar refractivity (Wildman–Crippen MR) is 129 cm³/mol.